The highest BCUT2D eigenvalue weighted by Crippen LogP contribution is 2.57. The van der Waals surface area contributed by atoms with Crippen LogP contribution < -0.4 is 28.4 Å². The summed E-state index contributed by atoms with van der Waals surface area (Å²) >= 11 is 0. The molecule has 0 heterocycles. The molecule has 1 aliphatic rings. The van der Waals surface area contributed by atoms with Crippen LogP contribution in [0.15, 0.2) is 23.8 Å². The molecule has 37 heavy (non-hydrogen) atoms. The summed E-state index contributed by atoms with van der Waals surface area (Å²) in [5.74, 6) is 2.50. The topological polar surface area (TPSA) is 81.7 Å². The number of allylic oxidation sites excluding steroid dienone is 1. The summed E-state index contributed by atoms with van der Waals surface area (Å²) in [5, 5.41) is 0. The Bertz CT molecular complexity index is 1180. The van der Waals surface area contributed by atoms with Crippen LogP contribution in [-0.2, 0) is 16.0 Å². The van der Waals surface area contributed by atoms with Crippen LogP contribution in [-0.4, -0.2) is 48.6 Å². The maximum atomic E-state index is 13.0. The van der Waals surface area contributed by atoms with E-state index >= 15 is 0 Å². The first-order chi connectivity index (χ1) is 17.7. The molecule has 2 aromatic rings. The number of hydrogen-bond acceptors (Lipinski definition) is 8. The maximum absolute atomic E-state index is 13.0. The molecule has 3 rings (SSSR count). The molecule has 0 N–H and O–H groups in total. The summed E-state index contributed by atoms with van der Waals surface area (Å²) < 4.78 is 40.9. The quantitative estimate of drug-likeness (QED) is 0.324. The van der Waals surface area contributed by atoms with Gasteiger partial charge in [-0.2, -0.15) is 0 Å². The predicted molar refractivity (Wildman–Crippen MR) is 141 cm³/mol. The third-order valence-electron chi connectivity index (χ3n) is 7.23. The van der Waals surface area contributed by atoms with Crippen molar-refractivity contribution >= 4 is 5.97 Å². The van der Waals surface area contributed by atoms with E-state index in [1.807, 2.05) is 19.1 Å². The minimum Gasteiger partial charge on any atom is -0.493 e. The summed E-state index contributed by atoms with van der Waals surface area (Å²) in [5.41, 5.74) is 3.67. The molecule has 0 saturated heterocycles. The normalized spacial score (nSPS) is 19.0. The average molecular weight is 515 g/mol. The van der Waals surface area contributed by atoms with Gasteiger partial charge in [-0.05, 0) is 43.9 Å². The Morgan fingerprint density at radius 3 is 1.78 bits per heavy atom. The van der Waals surface area contributed by atoms with Gasteiger partial charge in [0.05, 0.1) is 42.7 Å². The summed E-state index contributed by atoms with van der Waals surface area (Å²) in [6.45, 7) is 7.78. The van der Waals surface area contributed by atoms with Crippen molar-refractivity contribution in [3.8, 4) is 45.6 Å². The van der Waals surface area contributed by atoms with Gasteiger partial charge in [0, 0.05) is 28.2 Å². The molecule has 0 spiro atoms. The van der Waals surface area contributed by atoms with Crippen LogP contribution in [0.25, 0.3) is 11.1 Å². The van der Waals surface area contributed by atoms with Gasteiger partial charge in [0.15, 0.2) is 23.0 Å². The minimum atomic E-state index is -0.605. The lowest BCUT2D eigenvalue weighted by atomic mass is 9.75. The van der Waals surface area contributed by atoms with E-state index in [2.05, 4.69) is 13.8 Å². The first-order valence-corrected chi connectivity index (χ1v) is 12.2. The monoisotopic (exact) mass is 514 g/mol. The molecular formula is C29H38O8. The Balaban J connectivity index is 2.55. The third kappa shape index (κ3) is 4.89. The van der Waals surface area contributed by atoms with E-state index in [9.17, 15) is 4.79 Å². The summed E-state index contributed by atoms with van der Waals surface area (Å²) in [7, 11) is 9.44. The Kier molecular flexibility index (Phi) is 8.84. The first kappa shape index (κ1) is 28.0. The van der Waals surface area contributed by atoms with Gasteiger partial charge in [-0.1, -0.05) is 19.9 Å². The van der Waals surface area contributed by atoms with Crippen LogP contribution in [0.5, 0.6) is 34.5 Å². The van der Waals surface area contributed by atoms with Crippen molar-refractivity contribution in [3.63, 3.8) is 0 Å². The number of esters is 1. The molecule has 1 aliphatic carbocycles. The van der Waals surface area contributed by atoms with Crippen molar-refractivity contribution < 1.29 is 38.0 Å². The van der Waals surface area contributed by atoms with E-state index in [0.29, 0.717) is 52.1 Å². The lowest BCUT2D eigenvalue weighted by molar-refractivity contribution is -0.148. The Labute approximate surface area is 219 Å². The predicted octanol–water partition coefficient (Wildman–Crippen LogP) is 5.78. The lowest BCUT2D eigenvalue weighted by Gasteiger charge is -2.35. The molecule has 0 radical (unpaired) electrons. The van der Waals surface area contributed by atoms with E-state index in [0.717, 1.165) is 16.7 Å². The van der Waals surface area contributed by atoms with Crippen molar-refractivity contribution in [1.29, 1.82) is 0 Å². The highest BCUT2D eigenvalue weighted by molar-refractivity contribution is 5.90. The zero-order valence-corrected chi connectivity index (χ0v) is 23.4. The van der Waals surface area contributed by atoms with E-state index in [-0.39, 0.29) is 17.8 Å². The second kappa shape index (κ2) is 11.7. The van der Waals surface area contributed by atoms with Gasteiger partial charge >= 0.3 is 5.97 Å². The molecule has 8 nitrogen and oxygen atoms in total. The van der Waals surface area contributed by atoms with Gasteiger partial charge in [0.25, 0.3) is 0 Å². The molecule has 8 heteroatoms. The zero-order chi connectivity index (χ0) is 27.4. The van der Waals surface area contributed by atoms with Gasteiger partial charge < -0.3 is 33.2 Å². The molecule has 0 fully saturated rings. The molecule has 0 amide bonds. The molecular weight excluding hydrogens is 476 g/mol. The largest absolute Gasteiger partial charge is 0.493 e. The second-order valence-corrected chi connectivity index (χ2v) is 9.13. The zero-order valence-electron chi connectivity index (χ0n) is 23.4. The number of carbonyl (C=O) groups is 1. The van der Waals surface area contributed by atoms with Crippen molar-refractivity contribution in [2.45, 2.75) is 40.2 Å². The summed E-state index contributed by atoms with van der Waals surface area (Å²) in [6.07, 6.45) is 1.80. The number of fused-ring (bicyclic) bond motifs is 3. The Morgan fingerprint density at radius 2 is 1.30 bits per heavy atom. The van der Waals surface area contributed by atoms with E-state index < -0.39 is 6.10 Å². The molecule has 3 atom stereocenters. The minimum absolute atomic E-state index is 0.0533. The maximum Gasteiger partial charge on any atom is 0.333 e. The van der Waals surface area contributed by atoms with Crippen LogP contribution in [0.2, 0.25) is 0 Å². The fourth-order valence-corrected chi connectivity index (χ4v) is 4.91. The number of methoxy groups -OCH3 is 6. The van der Waals surface area contributed by atoms with Gasteiger partial charge in [-0.3, -0.25) is 0 Å². The van der Waals surface area contributed by atoms with Gasteiger partial charge in [0.1, 0.15) is 6.10 Å². The SMILES string of the molecule is C/C=C(/C)C(=O)OC1c2cc(OC)c(OC)c(OC)c2-c2c(cc(OC)c(OC)c2OC)CC(C)C1C. The fraction of sp³-hybridized carbons (Fsp3) is 0.483. The summed E-state index contributed by atoms with van der Waals surface area (Å²) in [6, 6.07) is 3.82. The van der Waals surface area contributed by atoms with Crippen LogP contribution in [0.4, 0.5) is 0 Å². The second-order valence-electron chi connectivity index (χ2n) is 9.13. The fourth-order valence-electron chi connectivity index (χ4n) is 4.91. The number of hydrogen-bond donors (Lipinski definition) is 0. The number of carbonyl (C=O) groups excluding carboxylic acids is 1. The Morgan fingerprint density at radius 1 is 0.784 bits per heavy atom. The van der Waals surface area contributed by atoms with Gasteiger partial charge in [-0.25, -0.2) is 4.79 Å². The molecule has 0 aliphatic heterocycles. The van der Waals surface area contributed by atoms with E-state index in [4.69, 9.17) is 33.2 Å². The van der Waals surface area contributed by atoms with Gasteiger partial charge in [-0.15, -0.1) is 0 Å². The molecule has 202 valence electrons. The van der Waals surface area contributed by atoms with Crippen molar-refractivity contribution in [1.82, 2.24) is 0 Å². The van der Waals surface area contributed by atoms with Crippen molar-refractivity contribution in [2.24, 2.45) is 11.8 Å². The average Bonchev–Trinajstić information content (AvgIpc) is 2.92. The molecule has 0 saturated carbocycles. The van der Waals surface area contributed by atoms with Crippen LogP contribution >= 0.6 is 0 Å². The number of benzene rings is 2. The third-order valence-corrected chi connectivity index (χ3v) is 7.23. The Hall–Kier alpha value is -3.55. The first-order valence-electron chi connectivity index (χ1n) is 12.2. The van der Waals surface area contributed by atoms with E-state index in [1.165, 1.54) is 0 Å². The summed E-state index contributed by atoms with van der Waals surface area (Å²) in [4.78, 5) is 13.0. The molecule has 2 aromatic carbocycles. The highest BCUT2D eigenvalue weighted by Gasteiger charge is 2.39. The van der Waals surface area contributed by atoms with Crippen molar-refractivity contribution in [3.05, 3.63) is 34.9 Å². The lowest BCUT2D eigenvalue weighted by Crippen LogP contribution is -2.27. The number of rotatable bonds is 8. The number of ether oxygens (including phenoxy) is 7. The molecule has 0 aromatic heterocycles. The molecule has 0 bridgehead atoms. The standard InChI is InChI=1S/C29H38O8/c1-11-15(2)29(30)37-24-17(4)16(3)12-18-13-20(31-5)25(33-7)27(35-9)22(18)23-19(24)14-21(32-6)26(34-8)28(23)36-10/h11,13-14,16-17,24H,12H2,1-10H3/b15-11-. The van der Waals surface area contributed by atoms with Crippen molar-refractivity contribution in [2.75, 3.05) is 42.7 Å². The van der Waals surface area contributed by atoms with Crippen LogP contribution in [0.1, 0.15) is 44.9 Å². The van der Waals surface area contributed by atoms with E-state index in [1.54, 1.807) is 55.7 Å². The highest BCUT2D eigenvalue weighted by atomic mass is 16.6. The van der Waals surface area contributed by atoms with Crippen LogP contribution in [0, 0.1) is 11.8 Å². The van der Waals surface area contributed by atoms with Crippen LogP contribution in [0.3, 0.4) is 0 Å². The molecule has 3 unspecified atom stereocenters. The van der Waals surface area contributed by atoms with Gasteiger partial charge in [0.2, 0.25) is 11.5 Å². The smallest absolute Gasteiger partial charge is 0.333 e.